The van der Waals surface area contributed by atoms with Gasteiger partial charge in [-0.1, -0.05) is 0 Å². The summed E-state index contributed by atoms with van der Waals surface area (Å²) in [5.41, 5.74) is 4.16. The highest BCUT2D eigenvalue weighted by atomic mass is 32.2. The molecule has 1 amide bonds. The number of hydrogen-bond donors (Lipinski definition) is 1. The predicted molar refractivity (Wildman–Crippen MR) is 164 cm³/mol. The summed E-state index contributed by atoms with van der Waals surface area (Å²) in [5, 5.41) is 3.81. The number of methoxy groups -OCH3 is 1. The second-order valence-electron chi connectivity index (χ2n) is 9.94. The smallest absolute Gasteiger partial charge is 0.316 e. The van der Waals surface area contributed by atoms with E-state index in [1.54, 1.807) is 36.9 Å². The van der Waals surface area contributed by atoms with Crippen molar-refractivity contribution < 1.29 is 26.8 Å². The van der Waals surface area contributed by atoms with E-state index in [1.807, 2.05) is 12.1 Å². The number of anilines is 1. The molecule has 0 fully saturated rings. The fraction of sp³-hybridized carbons (Fsp3) is 0.129. The maximum atomic E-state index is 13.7. The lowest BCUT2D eigenvalue weighted by Crippen LogP contribution is -2.25. The number of nitrogens with one attached hydrogen (secondary N) is 1. The molecule has 0 aliphatic heterocycles. The number of nitrogens with zero attached hydrogens (tertiary/aromatic N) is 5. The summed E-state index contributed by atoms with van der Waals surface area (Å²) in [6.07, 6.45) is 7.57. The number of amides is 1. The number of pyridine rings is 2. The summed E-state index contributed by atoms with van der Waals surface area (Å²) in [7, 11) is 0.693. The highest BCUT2D eigenvalue weighted by Gasteiger charge is 2.26. The van der Waals surface area contributed by atoms with Crippen LogP contribution < -0.4 is 14.4 Å². The normalized spacial score (nSPS) is 11.6. The molecule has 0 radical (unpaired) electrons. The molecule has 4 heterocycles. The number of halogens is 1. The van der Waals surface area contributed by atoms with E-state index < -0.39 is 21.7 Å². The molecule has 13 heteroatoms. The molecule has 6 aromatic rings. The summed E-state index contributed by atoms with van der Waals surface area (Å²) in [5.74, 6) is -0.647. The Balaban J connectivity index is 1.57. The summed E-state index contributed by atoms with van der Waals surface area (Å²) < 4.78 is 51.5. The zero-order valence-corrected chi connectivity index (χ0v) is 24.8. The standard InChI is InChI=1S/C31H25FN6O5S/c1-33-30(39)28-23-11-22(18-9-19(14-34-13-18)24-10-20-15-36-31(42-3)37-25(20)16-35-24)26(38(2)44(4,40)41)12-27(23)43-29(28)17-5-7-21(32)8-6-17/h5-16H,1-4H3,(H,33,39). The van der Waals surface area contributed by atoms with Gasteiger partial charge in [-0.3, -0.25) is 19.1 Å². The van der Waals surface area contributed by atoms with Gasteiger partial charge in [0.05, 0.1) is 42.0 Å². The topological polar surface area (TPSA) is 140 Å². The Kier molecular flexibility index (Phi) is 7.17. The number of sulfonamides is 1. The maximum Gasteiger partial charge on any atom is 0.316 e. The fourth-order valence-corrected chi connectivity index (χ4v) is 5.37. The number of furan rings is 1. The van der Waals surface area contributed by atoms with Crippen molar-refractivity contribution in [3.63, 3.8) is 0 Å². The van der Waals surface area contributed by atoms with Crippen LogP contribution in [0.4, 0.5) is 10.1 Å². The van der Waals surface area contributed by atoms with Gasteiger partial charge in [0.1, 0.15) is 17.2 Å². The van der Waals surface area contributed by atoms with Gasteiger partial charge in [-0.15, -0.1) is 0 Å². The molecular weight excluding hydrogens is 587 g/mol. The summed E-state index contributed by atoms with van der Waals surface area (Å²) in [6.45, 7) is 0. The average Bonchev–Trinajstić information content (AvgIpc) is 3.41. The van der Waals surface area contributed by atoms with Crippen LogP contribution in [0.25, 0.3) is 55.6 Å². The van der Waals surface area contributed by atoms with Crippen LogP contribution in [0.3, 0.4) is 0 Å². The molecule has 0 unspecified atom stereocenters. The van der Waals surface area contributed by atoms with E-state index in [1.165, 1.54) is 45.5 Å². The Morgan fingerprint density at radius 3 is 2.43 bits per heavy atom. The Hall–Kier alpha value is -5.43. The van der Waals surface area contributed by atoms with E-state index in [0.29, 0.717) is 44.5 Å². The third-order valence-corrected chi connectivity index (χ3v) is 8.37. The number of hydrogen-bond acceptors (Lipinski definition) is 9. The van der Waals surface area contributed by atoms with Gasteiger partial charge < -0.3 is 14.5 Å². The van der Waals surface area contributed by atoms with Crippen LogP contribution in [0.5, 0.6) is 6.01 Å². The largest absolute Gasteiger partial charge is 0.467 e. The lowest BCUT2D eigenvalue weighted by molar-refractivity contribution is 0.0964. The molecule has 0 aliphatic rings. The second kappa shape index (κ2) is 11.0. The van der Waals surface area contributed by atoms with Gasteiger partial charge in [-0.2, -0.15) is 4.98 Å². The van der Waals surface area contributed by atoms with Gasteiger partial charge in [-0.25, -0.2) is 17.8 Å². The molecule has 0 bridgehead atoms. The monoisotopic (exact) mass is 612 g/mol. The molecular formula is C31H25FN6O5S. The number of carbonyl (C=O) groups is 1. The van der Waals surface area contributed by atoms with Crippen molar-refractivity contribution in [3.8, 4) is 39.7 Å². The quantitative estimate of drug-likeness (QED) is 0.262. The van der Waals surface area contributed by atoms with Crippen LogP contribution in [-0.2, 0) is 10.0 Å². The van der Waals surface area contributed by atoms with E-state index in [0.717, 1.165) is 15.9 Å². The molecule has 6 rings (SSSR count). The summed E-state index contributed by atoms with van der Waals surface area (Å²) in [6, 6.07) is 12.7. The third kappa shape index (κ3) is 5.17. The number of benzene rings is 2. The zero-order chi connectivity index (χ0) is 31.2. The first kappa shape index (κ1) is 28.7. The molecule has 0 saturated carbocycles. The lowest BCUT2D eigenvalue weighted by Gasteiger charge is -2.21. The molecule has 44 heavy (non-hydrogen) atoms. The van der Waals surface area contributed by atoms with Crippen LogP contribution in [-0.4, -0.2) is 61.7 Å². The van der Waals surface area contributed by atoms with Crippen molar-refractivity contribution in [2.24, 2.45) is 0 Å². The Morgan fingerprint density at radius 2 is 1.73 bits per heavy atom. The van der Waals surface area contributed by atoms with Crippen molar-refractivity contribution in [1.82, 2.24) is 25.3 Å². The lowest BCUT2D eigenvalue weighted by atomic mass is 9.98. The van der Waals surface area contributed by atoms with Crippen molar-refractivity contribution in [1.29, 1.82) is 0 Å². The summed E-state index contributed by atoms with van der Waals surface area (Å²) >= 11 is 0. The van der Waals surface area contributed by atoms with Crippen molar-refractivity contribution >= 4 is 43.5 Å². The number of aromatic nitrogens is 4. The zero-order valence-electron chi connectivity index (χ0n) is 24.0. The number of ether oxygens (including phenoxy) is 1. The van der Waals surface area contributed by atoms with Crippen LogP contribution in [0.15, 0.2) is 77.7 Å². The van der Waals surface area contributed by atoms with Crippen molar-refractivity contribution in [3.05, 3.63) is 84.7 Å². The van der Waals surface area contributed by atoms with Crippen molar-refractivity contribution in [2.75, 3.05) is 31.8 Å². The molecule has 0 aliphatic carbocycles. The SMILES string of the molecule is CNC(=O)c1c(-c2ccc(F)cc2)oc2cc(N(C)S(C)(=O)=O)c(-c3cncc(-c4cc5cnc(OC)nc5cn4)c3)cc12. The second-order valence-corrected chi connectivity index (χ2v) is 11.9. The third-order valence-electron chi connectivity index (χ3n) is 7.18. The van der Waals surface area contributed by atoms with E-state index >= 15 is 0 Å². The molecule has 0 atom stereocenters. The fourth-order valence-electron chi connectivity index (χ4n) is 4.86. The Morgan fingerprint density at radius 1 is 0.977 bits per heavy atom. The molecule has 11 nitrogen and oxygen atoms in total. The highest BCUT2D eigenvalue weighted by molar-refractivity contribution is 7.92. The van der Waals surface area contributed by atoms with Gasteiger partial charge in [0.25, 0.3) is 5.91 Å². The van der Waals surface area contributed by atoms with E-state index in [9.17, 15) is 17.6 Å². The minimum absolute atomic E-state index is 0.218. The van der Waals surface area contributed by atoms with Crippen molar-refractivity contribution in [2.45, 2.75) is 0 Å². The first-order valence-electron chi connectivity index (χ1n) is 13.2. The van der Waals surface area contributed by atoms with Gasteiger partial charge in [0.15, 0.2) is 0 Å². The Bertz CT molecular complexity index is 2180. The predicted octanol–water partition coefficient (Wildman–Crippen LogP) is 5.07. The molecule has 0 spiro atoms. The van der Waals surface area contributed by atoms with Crippen LogP contribution in [0.1, 0.15) is 10.4 Å². The highest BCUT2D eigenvalue weighted by Crippen LogP contribution is 2.41. The van der Waals surface area contributed by atoms with Gasteiger partial charge in [0, 0.05) is 71.8 Å². The maximum absolute atomic E-state index is 13.7. The van der Waals surface area contributed by atoms with Crippen LogP contribution >= 0.6 is 0 Å². The minimum atomic E-state index is -3.71. The van der Waals surface area contributed by atoms with Gasteiger partial charge >= 0.3 is 6.01 Å². The minimum Gasteiger partial charge on any atom is -0.467 e. The van der Waals surface area contributed by atoms with Gasteiger partial charge in [-0.05, 0) is 42.5 Å². The van der Waals surface area contributed by atoms with E-state index in [2.05, 4.69) is 25.3 Å². The van der Waals surface area contributed by atoms with Crippen LogP contribution in [0.2, 0.25) is 0 Å². The molecule has 2 aromatic carbocycles. The number of fused-ring (bicyclic) bond motifs is 2. The first-order valence-corrected chi connectivity index (χ1v) is 15.1. The van der Waals surface area contributed by atoms with E-state index in [4.69, 9.17) is 9.15 Å². The number of rotatable bonds is 7. The molecule has 1 N–H and O–H groups in total. The van der Waals surface area contributed by atoms with Gasteiger partial charge in [0.2, 0.25) is 10.0 Å². The average molecular weight is 613 g/mol. The molecule has 4 aromatic heterocycles. The van der Waals surface area contributed by atoms with Crippen LogP contribution in [0, 0.1) is 5.82 Å². The first-order chi connectivity index (χ1) is 21.1. The Labute approximate surface area is 251 Å². The summed E-state index contributed by atoms with van der Waals surface area (Å²) in [4.78, 5) is 30.6. The molecule has 0 saturated heterocycles. The van der Waals surface area contributed by atoms with E-state index in [-0.39, 0.29) is 22.9 Å². The molecule has 222 valence electrons. The number of carbonyl (C=O) groups excluding carboxylic acids is 1.